The van der Waals surface area contributed by atoms with Crippen LogP contribution < -0.4 is 5.73 Å². The fourth-order valence-electron chi connectivity index (χ4n) is 3.71. The van der Waals surface area contributed by atoms with Gasteiger partial charge in [-0.2, -0.15) is 0 Å². The van der Waals surface area contributed by atoms with E-state index in [-0.39, 0.29) is 5.82 Å². The van der Waals surface area contributed by atoms with Crippen LogP contribution in [0.4, 0.5) is 5.82 Å². The number of phosphoric ester groups is 1. The number of imidazole rings is 1. The molecule has 0 amide bonds. The normalized spacial score (nSPS) is 31.1. The summed E-state index contributed by atoms with van der Waals surface area (Å²) in [5, 5.41) is 0.404. The number of nitrogen functional groups attached to an aromatic ring is 1. The minimum absolute atomic E-state index is 0.169. The van der Waals surface area contributed by atoms with E-state index in [0.29, 0.717) is 16.3 Å². The summed E-state index contributed by atoms with van der Waals surface area (Å²) >= 11 is 1.28. The number of ether oxygens (including phenoxy) is 3. The zero-order chi connectivity index (χ0) is 26.5. The maximum atomic E-state index is 12.3. The lowest BCUT2D eigenvalue weighted by Crippen LogP contribution is -2.31. The Morgan fingerprint density at radius 3 is 2.50 bits per heavy atom. The summed E-state index contributed by atoms with van der Waals surface area (Å²) < 4.78 is 68.3. The van der Waals surface area contributed by atoms with Gasteiger partial charge in [0.25, 0.3) is 0 Å². The van der Waals surface area contributed by atoms with E-state index >= 15 is 0 Å². The van der Waals surface area contributed by atoms with Crippen LogP contribution in [-0.4, -0.2) is 84.7 Å². The Kier molecular flexibility index (Phi) is 8.03. The molecule has 8 atom stereocenters. The van der Waals surface area contributed by atoms with Crippen LogP contribution in [0.25, 0.3) is 11.2 Å². The van der Waals surface area contributed by atoms with Crippen molar-refractivity contribution in [1.29, 1.82) is 0 Å². The highest BCUT2D eigenvalue weighted by atomic mass is 32.2. The summed E-state index contributed by atoms with van der Waals surface area (Å²) in [6.45, 7) is 1.03. The molecule has 0 spiro atoms. The van der Waals surface area contributed by atoms with Crippen molar-refractivity contribution in [2.24, 2.45) is 0 Å². The Morgan fingerprint density at radius 1 is 1.14 bits per heavy atom. The fraction of sp³-hybridized carbons (Fsp3) is 0.667. The molecule has 2 fully saturated rings. The van der Waals surface area contributed by atoms with Crippen molar-refractivity contribution >= 4 is 51.8 Å². The number of rotatable bonds is 10. The van der Waals surface area contributed by atoms with E-state index in [9.17, 15) is 28.4 Å². The predicted molar refractivity (Wildman–Crippen MR) is 123 cm³/mol. The van der Waals surface area contributed by atoms with Crippen molar-refractivity contribution in [3.63, 3.8) is 0 Å². The van der Waals surface area contributed by atoms with Gasteiger partial charge in [0.05, 0.1) is 12.9 Å². The molecule has 0 radical (unpaired) electrons. The lowest BCUT2D eigenvalue weighted by Gasteiger charge is -2.21. The third kappa shape index (κ3) is 6.02. The van der Waals surface area contributed by atoms with Gasteiger partial charge in [-0.05, 0) is 13.2 Å². The largest absolute Gasteiger partial charge is 0.479 e. The van der Waals surface area contributed by atoms with E-state index < -0.39 is 66.4 Å². The molecule has 2 saturated heterocycles. The van der Waals surface area contributed by atoms with Gasteiger partial charge >= 0.3 is 23.0 Å². The Balaban J connectivity index is 1.51. The van der Waals surface area contributed by atoms with Crippen LogP contribution in [0.5, 0.6) is 0 Å². The second-order valence-corrected chi connectivity index (χ2v) is 14.4. The summed E-state index contributed by atoms with van der Waals surface area (Å²) in [6, 6.07) is 0. The first-order chi connectivity index (χ1) is 16.7. The molecule has 202 valence electrons. The Hall–Kier alpha value is -0.970. The first-order valence-corrected chi connectivity index (χ1v) is 16.4. The van der Waals surface area contributed by atoms with Crippen LogP contribution in [0.1, 0.15) is 13.2 Å². The second-order valence-electron chi connectivity index (χ2n) is 7.70. The third-order valence-corrected chi connectivity index (χ3v) is 11.4. The van der Waals surface area contributed by atoms with E-state index in [2.05, 4.69) is 23.8 Å². The summed E-state index contributed by atoms with van der Waals surface area (Å²) in [6.07, 6.45) is -0.755. The van der Waals surface area contributed by atoms with Crippen LogP contribution in [0.15, 0.2) is 11.5 Å². The van der Waals surface area contributed by atoms with Crippen LogP contribution in [0, 0.1) is 0 Å². The third-order valence-electron chi connectivity index (χ3n) is 5.14. The van der Waals surface area contributed by atoms with E-state index in [1.165, 1.54) is 18.1 Å². The number of fused-ring (bicyclic) bond motifs is 2. The fourth-order valence-corrected chi connectivity index (χ4v) is 8.83. The van der Waals surface area contributed by atoms with Gasteiger partial charge in [-0.15, -0.1) is 0 Å². The summed E-state index contributed by atoms with van der Waals surface area (Å²) in [4.78, 5) is 41.8. The molecular weight excluding hydrogens is 567 g/mol. The van der Waals surface area contributed by atoms with E-state index in [1.807, 2.05) is 0 Å². The topological polar surface area (TPSA) is 237 Å². The zero-order valence-electron chi connectivity index (χ0n) is 19.0. The second kappa shape index (κ2) is 10.3. The van der Waals surface area contributed by atoms with Crippen LogP contribution in [-0.2, 0) is 41.3 Å². The summed E-state index contributed by atoms with van der Waals surface area (Å²) in [7, 11) is -13.9. The summed E-state index contributed by atoms with van der Waals surface area (Å²) in [5.41, 5.74) is 6.68. The van der Waals surface area contributed by atoms with Gasteiger partial charge in [-0.1, -0.05) is 11.8 Å². The molecule has 2 aliphatic heterocycles. The van der Waals surface area contributed by atoms with Crippen molar-refractivity contribution in [3.8, 4) is 0 Å². The molecule has 0 aromatic carbocycles. The van der Waals surface area contributed by atoms with Gasteiger partial charge in [0.2, 0.25) is 0 Å². The highest BCUT2D eigenvalue weighted by molar-refractivity contribution is 7.98. The Morgan fingerprint density at radius 2 is 1.83 bits per heavy atom. The van der Waals surface area contributed by atoms with Gasteiger partial charge in [0, 0.05) is 7.11 Å². The number of hydrogen-bond donors (Lipinski definition) is 4. The standard InChI is InChI=1S/C15H24N5O12P3S/c1-7-29-10-8(4-28-35(25,26)32-34(23,24)6-33(21,22)27-2)31-14(11(10)30-7)20-5-17-9-12(16)18-15(36-3)19-13(9)20/h5,7-8,10-11,14H,4,6H2,1-3H3,(H,21,22)(H,23,24)(H,25,26)(H2,16,18,19). The van der Waals surface area contributed by atoms with Gasteiger partial charge < -0.3 is 39.1 Å². The van der Waals surface area contributed by atoms with Crippen molar-refractivity contribution in [1.82, 2.24) is 19.5 Å². The van der Waals surface area contributed by atoms with Crippen LogP contribution in [0.2, 0.25) is 0 Å². The van der Waals surface area contributed by atoms with Crippen molar-refractivity contribution < 1.29 is 55.9 Å². The van der Waals surface area contributed by atoms with E-state index in [4.69, 9.17) is 24.5 Å². The number of hydrogen-bond acceptors (Lipinski definition) is 14. The molecule has 5 N–H and O–H groups in total. The maximum absolute atomic E-state index is 12.3. The van der Waals surface area contributed by atoms with Gasteiger partial charge in [-0.3, -0.25) is 18.2 Å². The molecular formula is C15H24N5O12P3S. The molecule has 17 nitrogen and oxygen atoms in total. The smallest absolute Gasteiger partial charge is 0.382 e. The van der Waals surface area contributed by atoms with Crippen molar-refractivity contribution in [2.75, 3.05) is 31.6 Å². The highest BCUT2D eigenvalue weighted by Crippen LogP contribution is 2.66. The van der Waals surface area contributed by atoms with Gasteiger partial charge in [-0.25, -0.2) is 23.8 Å². The first-order valence-electron chi connectivity index (χ1n) is 10.1. The molecule has 2 aromatic rings. The van der Waals surface area contributed by atoms with Crippen molar-refractivity contribution in [2.45, 2.75) is 42.9 Å². The molecule has 21 heteroatoms. The number of anilines is 1. The molecule has 4 rings (SSSR count). The highest BCUT2D eigenvalue weighted by Gasteiger charge is 2.53. The minimum atomic E-state index is -5.19. The SMILES string of the molecule is COP(=O)(O)CP(=O)(O)OP(=O)(O)OCC1OC(n2cnc3c(N)nc(SC)nc32)C2OC(C)OC12. The molecule has 36 heavy (non-hydrogen) atoms. The van der Waals surface area contributed by atoms with Crippen LogP contribution >= 0.6 is 34.8 Å². The average Bonchev–Trinajstić information content (AvgIpc) is 3.44. The van der Waals surface area contributed by atoms with Gasteiger partial charge in [0.1, 0.15) is 23.8 Å². The number of phosphoric acid groups is 1. The molecule has 0 bridgehead atoms. The monoisotopic (exact) mass is 591 g/mol. The lowest BCUT2D eigenvalue weighted by molar-refractivity contribution is -0.142. The molecule has 4 heterocycles. The van der Waals surface area contributed by atoms with E-state index in [0.717, 1.165) is 7.11 Å². The number of aromatic nitrogens is 4. The van der Waals surface area contributed by atoms with Crippen LogP contribution in [0.3, 0.4) is 0 Å². The molecule has 2 aliphatic rings. The van der Waals surface area contributed by atoms with Gasteiger partial charge in [0.15, 0.2) is 35.0 Å². The van der Waals surface area contributed by atoms with Crippen molar-refractivity contribution in [3.05, 3.63) is 6.33 Å². The zero-order valence-corrected chi connectivity index (χ0v) is 22.5. The molecule has 0 saturated carbocycles. The molecule has 8 unspecified atom stereocenters. The molecule has 0 aliphatic carbocycles. The van der Waals surface area contributed by atoms with E-state index in [1.54, 1.807) is 17.7 Å². The number of nitrogens with two attached hydrogens (primary N) is 1. The average molecular weight is 591 g/mol. The Bertz CT molecular complexity index is 1280. The number of nitrogens with zero attached hydrogens (tertiary/aromatic N) is 4. The minimum Gasteiger partial charge on any atom is -0.382 e. The maximum Gasteiger partial charge on any atom is 0.479 e. The quantitative estimate of drug-likeness (QED) is 0.173. The Labute approximate surface area is 208 Å². The molecule has 2 aromatic heterocycles. The summed E-state index contributed by atoms with van der Waals surface area (Å²) in [5.74, 6) is -1.25. The first kappa shape index (κ1) is 28.0. The predicted octanol–water partition coefficient (Wildman–Crippen LogP) is 1.27. The lowest BCUT2D eigenvalue weighted by atomic mass is 10.1. The number of thioether (sulfide) groups is 1.